The third kappa shape index (κ3) is 2.76. The van der Waals surface area contributed by atoms with Gasteiger partial charge in [-0.1, -0.05) is 0 Å². The van der Waals surface area contributed by atoms with Crippen LogP contribution < -0.4 is 4.74 Å². The average molecular weight is 279 g/mol. The number of carbonyl (C=O) groups excluding carboxylic acids is 1. The largest absolute Gasteiger partial charge is 0.493 e. The maximum Gasteiger partial charge on any atom is 0.361 e. The van der Waals surface area contributed by atoms with E-state index in [0.29, 0.717) is 17.9 Å². The molecule has 0 aliphatic rings. The molecular formula is C13H14FN3O3. The van der Waals surface area contributed by atoms with Crippen molar-refractivity contribution < 1.29 is 18.7 Å². The molecule has 0 aliphatic heterocycles. The Balaban J connectivity index is 2.48. The second-order valence-corrected chi connectivity index (χ2v) is 3.81. The zero-order valence-corrected chi connectivity index (χ0v) is 11.1. The Morgan fingerprint density at radius 2 is 2.10 bits per heavy atom. The van der Waals surface area contributed by atoms with Gasteiger partial charge >= 0.3 is 5.97 Å². The molecule has 0 atom stereocenters. The zero-order chi connectivity index (χ0) is 14.5. The molecule has 0 radical (unpaired) electrons. The van der Waals surface area contributed by atoms with Crippen molar-refractivity contribution in [1.29, 1.82) is 0 Å². The van der Waals surface area contributed by atoms with Gasteiger partial charge in [-0.2, -0.15) is 10.3 Å². The van der Waals surface area contributed by atoms with Crippen molar-refractivity contribution in [3.63, 3.8) is 0 Å². The van der Waals surface area contributed by atoms with E-state index in [1.165, 1.54) is 18.2 Å². The second-order valence-electron chi connectivity index (χ2n) is 3.81. The lowest BCUT2D eigenvalue weighted by Crippen LogP contribution is -2.07. The minimum atomic E-state index is -0.622. The Morgan fingerprint density at radius 1 is 1.30 bits per heavy atom. The van der Waals surface area contributed by atoms with Crippen molar-refractivity contribution in [3.05, 3.63) is 29.7 Å². The highest BCUT2D eigenvalue weighted by molar-refractivity contribution is 5.94. The molecule has 0 spiro atoms. The third-order valence-electron chi connectivity index (χ3n) is 2.51. The normalized spacial score (nSPS) is 10.3. The molecule has 0 saturated carbocycles. The molecule has 2 aromatic rings. The molecule has 0 fully saturated rings. The lowest BCUT2D eigenvalue weighted by Gasteiger charge is -2.09. The summed E-state index contributed by atoms with van der Waals surface area (Å²) in [6, 6.07) is 4.00. The molecule has 1 N–H and O–H groups in total. The number of rotatable bonds is 5. The second kappa shape index (κ2) is 6.14. The van der Waals surface area contributed by atoms with Gasteiger partial charge in [0.25, 0.3) is 0 Å². The number of aromatic amines is 1. The van der Waals surface area contributed by atoms with Crippen molar-refractivity contribution >= 4 is 5.97 Å². The van der Waals surface area contributed by atoms with Gasteiger partial charge in [0, 0.05) is 5.56 Å². The molecule has 0 amide bonds. The van der Waals surface area contributed by atoms with Crippen molar-refractivity contribution in [3.8, 4) is 17.0 Å². The van der Waals surface area contributed by atoms with Crippen LogP contribution in [0.3, 0.4) is 0 Å². The molecule has 1 aromatic carbocycles. The van der Waals surface area contributed by atoms with E-state index in [4.69, 9.17) is 9.47 Å². The summed E-state index contributed by atoms with van der Waals surface area (Å²) in [4.78, 5) is 11.8. The fourth-order valence-electron chi connectivity index (χ4n) is 1.73. The predicted molar refractivity (Wildman–Crippen MR) is 68.9 cm³/mol. The molecule has 0 saturated heterocycles. The van der Waals surface area contributed by atoms with Gasteiger partial charge in [-0.25, -0.2) is 9.18 Å². The molecule has 6 nitrogen and oxygen atoms in total. The van der Waals surface area contributed by atoms with Gasteiger partial charge in [0.2, 0.25) is 0 Å². The van der Waals surface area contributed by atoms with Crippen LogP contribution in [0, 0.1) is 5.82 Å². The minimum absolute atomic E-state index is 0.00148. The standard InChI is InChI=1S/C13H14FN3O3/c1-3-19-10-6-5-8(14)7-9(10)11-12(16-17-15-11)13(18)20-4-2/h5-7H,3-4H2,1-2H3,(H,15,16,17). The number of halogens is 1. The lowest BCUT2D eigenvalue weighted by atomic mass is 10.1. The fourth-order valence-corrected chi connectivity index (χ4v) is 1.73. The van der Waals surface area contributed by atoms with Crippen LogP contribution in [0.25, 0.3) is 11.3 Å². The van der Waals surface area contributed by atoms with Crippen LogP contribution in [0.15, 0.2) is 18.2 Å². The molecule has 7 heteroatoms. The molecule has 106 valence electrons. The highest BCUT2D eigenvalue weighted by atomic mass is 19.1. The first-order valence-corrected chi connectivity index (χ1v) is 6.18. The molecular weight excluding hydrogens is 265 g/mol. The summed E-state index contributed by atoms with van der Waals surface area (Å²) < 4.78 is 23.7. The van der Waals surface area contributed by atoms with Crippen LogP contribution in [0.4, 0.5) is 4.39 Å². The van der Waals surface area contributed by atoms with Crippen LogP contribution >= 0.6 is 0 Å². The summed E-state index contributed by atoms with van der Waals surface area (Å²) in [6.07, 6.45) is 0. The van der Waals surface area contributed by atoms with Gasteiger partial charge in [0.15, 0.2) is 5.69 Å². The number of H-pyrrole nitrogens is 1. The van der Waals surface area contributed by atoms with Crippen molar-refractivity contribution in [2.24, 2.45) is 0 Å². The van der Waals surface area contributed by atoms with Gasteiger partial charge < -0.3 is 9.47 Å². The predicted octanol–water partition coefficient (Wildman–Crippen LogP) is 2.19. The summed E-state index contributed by atoms with van der Waals surface area (Å²) in [5.41, 5.74) is 0.549. The molecule has 1 aromatic heterocycles. The minimum Gasteiger partial charge on any atom is -0.493 e. The van der Waals surface area contributed by atoms with Crippen LogP contribution in [0.5, 0.6) is 5.75 Å². The number of esters is 1. The third-order valence-corrected chi connectivity index (χ3v) is 2.51. The number of aromatic nitrogens is 3. The Hall–Kier alpha value is -2.44. The average Bonchev–Trinajstić information content (AvgIpc) is 2.90. The number of ether oxygens (including phenoxy) is 2. The van der Waals surface area contributed by atoms with E-state index in [2.05, 4.69) is 15.4 Å². The maximum atomic E-state index is 13.4. The van der Waals surface area contributed by atoms with E-state index in [-0.39, 0.29) is 18.0 Å². The van der Waals surface area contributed by atoms with E-state index < -0.39 is 11.8 Å². The smallest absolute Gasteiger partial charge is 0.361 e. The van der Waals surface area contributed by atoms with Crippen LogP contribution in [-0.4, -0.2) is 34.6 Å². The lowest BCUT2D eigenvalue weighted by molar-refractivity contribution is 0.0520. The van der Waals surface area contributed by atoms with Crippen LogP contribution in [-0.2, 0) is 4.74 Å². The number of nitrogens with one attached hydrogen (secondary N) is 1. The first-order valence-electron chi connectivity index (χ1n) is 6.18. The van der Waals surface area contributed by atoms with Crippen LogP contribution in [0.1, 0.15) is 24.3 Å². The first-order chi connectivity index (χ1) is 9.67. The molecule has 0 bridgehead atoms. The van der Waals surface area contributed by atoms with E-state index in [9.17, 15) is 9.18 Å². The summed E-state index contributed by atoms with van der Waals surface area (Å²) in [7, 11) is 0. The molecule has 2 rings (SSSR count). The van der Waals surface area contributed by atoms with Crippen molar-refractivity contribution in [2.45, 2.75) is 13.8 Å². The SMILES string of the molecule is CCOC(=O)c1n[nH]nc1-c1cc(F)ccc1OCC. The monoisotopic (exact) mass is 279 g/mol. The number of carbonyl (C=O) groups is 1. The maximum absolute atomic E-state index is 13.4. The quantitative estimate of drug-likeness (QED) is 0.849. The molecule has 1 heterocycles. The Kier molecular flexibility index (Phi) is 4.29. The van der Waals surface area contributed by atoms with Gasteiger partial charge in [-0.05, 0) is 32.0 Å². The van der Waals surface area contributed by atoms with Gasteiger partial charge in [0.1, 0.15) is 17.3 Å². The van der Waals surface area contributed by atoms with Crippen LogP contribution in [0.2, 0.25) is 0 Å². The number of hydrogen-bond donors (Lipinski definition) is 1. The summed E-state index contributed by atoms with van der Waals surface area (Å²) in [5, 5.41) is 9.99. The van der Waals surface area contributed by atoms with Crippen molar-refractivity contribution in [2.75, 3.05) is 13.2 Å². The Morgan fingerprint density at radius 3 is 2.80 bits per heavy atom. The van der Waals surface area contributed by atoms with Gasteiger partial charge in [-0.15, -0.1) is 5.10 Å². The molecule has 0 aliphatic carbocycles. The Bertz CT molecular complexity index is 613. The van der Waals surface area contributed by atoms with E-state index in [0.717, 1.165) is 0 Å². The summed E-state index contributed by atoms with van der Waals surface area (Å²) in [6.45, 7) is 4.12. The van der Waals surface area contributed by atoms with E-state index >= 15 is 0 Å². The Labute approximate surface area is 114 Å². The van der Waals surface area contributed by atoms with E-state index in [1.807, 2.05) is 6.92 Å². The number of hydrogen-bond acceptors (Lipinski definition) is 5. The topological polar surface area (TPSA) is 77.1 Å². The fraction of sp³-hybridized carbons (Fsp3) is 0.308. The number of benzene rings is 1. The van der Waals surface area contributed by atoms with Crippen molar-refractivity contribution in [1.82, 2.24) is 15.4 Å². The highest BCUT2D eigenvalue weighted by Crippen LogP contribution is 2.31. The van der Waals surface area contributed by atoms with Gasteiger partial charge in [-0.3, -0.25) is 0 Å². The molecule has 20 heavy (non-hydrogen) atoms. The van der Waals surface area contributed by atoms with E-state index in [1.54, 1.807) is 6.92 Å². The molecule has 0 unspecified atom stereocenters. The highest BCUT2D eigenvalue weighted by Gasteiger charge is 2.22. The van der Waals surface area contributed by atoms with Gasteiger partial charge in [0.05, 0.1) is 13.2 Å². The number of nitrogens with zero attached hydrogens (tertiary/aromatic N) is 2. The first kappa shape index (κ1) is 14.0. The summed E-state index contributed by atoms with van der Waals surface area (Å²) in [5.74, 6) is -0.655. The zero-order valence-electron chi connectivity index (χ0n) is 11.1. The summed E-state index contributed by atoms with van der Waals surface area (Å²) >= 11 is 0.